The van der Waals surface area contributed by atoms with Crippen LogP contribution in [-0.2, 0) is 11.2 Å². The number of aryl methyl sites for hydroxylation is 1. The van der Waals surface area contributed by atoms with E-state index in [0.717, 1.165) is 0 Å². The van der Waals surface area contributed by atoms with Gasteiger partial charge in [-0.05, 0) is 18.1 Å². The number of ketones is 1. The fourth-order valence-corrected chi connectivity index (χ4v) is 1.23. The molecule has 2 nitrogen and oxygen atoms in total. The molecule has 0 radical (unpaired) electrons. The Kier molecular flexibility index (Phi) is 3.56. The van der Waals surface area contributed by atoms with Crippen molar-refractivity contribution in [1.29, 1.82) is 0 Å². The number of carbonyl (C=O) groups is 1. The highest BCUT2D eigenvalue weighted by molar-refractivity contribution is 5.83. The minimum Gasteiger partial charge on any atom is -0.299 e. The van der Waals surface area contributed by atoms with Gasteiger partial charge in [-0.15, -0.1) is 0 Å². The van der Waals surface area contributed by atoms with Gasteiger partial charge in [0.1, 0.15) is 11.6 Å². The van der Waals surface area contributed by atoms with Crippen LogP contribution in [-0.4, -0.2) is 10.8 Å². The summed E-state index contributed by atoms with van der Waals surface area (Å²) in [6, 6.07) is 1.62. The van der Waals surface area contributed by atoms with Crippen LogP contribution < -0.4 is 0 Å². The highest BCUT2D eigenvalue weighted by atomic mass is 19.1. The first-order valence-corrected chi connectivity index (χ1v) is 5.03. The molecular formula is C12H16FNO. The normalized spacial score (nSPS) is 11.5. The maximum absolute atomic E-state index is 13.2. The third kappa shape index (κ3) is 3.42. The van der Waals surface area contributed by atoms with E-state index in [4.69, 9.17) is 0 Å². The van der Waals surface area contributed by atoms with Gasteiger partial charge in [-0.25, -0.2) is 4.39 Å². The minimum atomic E-state index is -0.344. The fraction of sp³-hybridized carbons (Fsp3) is 0.500. The maximum atomic E-state index is 13.2. The van der Waals surface area contributed by atoms with Gasteiger partial charge in [-0.3, -0.25) is 9.78 Å². The SMILES string of the molecule is CC(C)(C)C(=O)CCc1ccncc1F. The van der Waals surface area contributed by atoms with Crippen LogP contribution in [0, 0.1) is 11.2 Å². The molecule has 0 atom stereocenters. The van der Waals surface area contributed by atoms with Crippen LogP contribution in [0.2, 0.25) is 0 Å². The van der Waals surface area contributed by atoms with Gasteiger partial charge in [0.05, 0.1) is 6.20 Å². The zero-order valence-electron chi connectivity index (χ0n) is 9.38. The Morgan fingerprint density at radius 1 is 1.47 bits per heavy atom. The van der Waals surface area contributed by atoms with Crippen molar-refractivity contribution in [3.05, 3.63) is 29.8 Å². The van der Waals surface area contributed by atoms with E-state index in [0.29, 0.717) is 18.4 Å². The Bertz CT molecular complexity index is 355. The first kappa shape index (κ1) is 11.8. The Morgan fingerprint density at radius 2 is 2.13 bits per heavy atom. The number of Topliss-reactive ketones (excluding diaryl/α,β-unsaturated/α-hetero) is 1. The van der Waals surface area contributed by atoms with E-state index >= 15 is 0 Å². The summed E-state index contributed by atoms with van der Waals surface area (Å²) in [5.41, 5.74) is 0.214. The average Bonchev–Trinajstić information content (AvgIpc) is 2.14. The number of hydrogen-bond acceptors (Lipinski definition) is 2. The molecule has 0 aliphatic heterocycles. The summed E-state index contributed by atoms with van der Waals surface area (Å²) in [7, 11) is 0. The number of carbonyl (C=O) groups excluding carboxylic acids is 1. The lowest BCUT2D eigenvalue weighted by Crippen LogP contribution is -2.20. The van der Waals surface area contributed by atoms with Crippen molar-refractivity contribution < 1.29 is 9.18 Å². The van der Waals surface area contributed by atoms with Gasteiger partial charge in [0.15, 0.2) is 0 Å². The van der Waals surface area contributed by atoms with E-state index in [2.05, 4.69) is 4.98 Å². The Labute approximate surface area is 89.5 Å². The van der Waals surface area contributed by atoms with Gasteiger partial charge in [0.25, 0.3) is 0 Å². The fourth-order valence-electron chi connectivity index (χ4n) is 1.23. The lowest BCUT2D eigenvalue weighted by Gasteiger charge is -2.16. The van der Waals surface area contributed by atoms with Crippen LogP contribution in [0.3, 0.4) is 0 Å². The van der Waals surface area contributed by atoms with E-state index in [1.165, 1.54) is 6.20 Å². The van der Waals surface area contributed by atoms with Gasteiger partial charge in [0.2, 0.25) is 0 Å². The number of pyridine rings is 1. The zero-order valence-corrected chi connectivity index (χ0v) is 9.38. The standard InChI is InChI=1S/C12H16FNO/c1-12(2,3)11(15)5-4-9-6-7-14-8-10(9)13/h6-8H,4-5H2,1-3H3. The molecule has 3 heteroatoms. The van der Waals surface area contributed by atoms with E-state index in [1.54, 1.807) is 12.3 Å². The monoisotopic (exact) mass is 209 g/mol. The predicted octanol–water partition coefficient (Wildman–Crippen LogP) is 2.77. The molecule has 0 unspecified atom stereocenters. The summed E-state index contributed by atoms with van der Waals surface area (Å²) in [4.78, 5) is 15.3. The third-order valence-corrected chi connectivity index (χ3v) is 2.31. The number of hydrogen-bond donors (Lipinski definition) is 0. The molecule has 15 heavy (non-hydrogen) atoms. The first-order chi connectivity index (χ1) is 6.91. The van der Waals surface area contributed by atoms with E-state index < -0.39 is 0 Å². The van der Waals surface area contributed by atoms with Crippen molar-refractivity contribution >= 4 is 5.78 Å². The van der Waals surface area contributed by atoms with Crippen LogP contribution in [0.5, 0.6) is 0 Å². The quantitative estimate of drug-likeness (QED) is 0.766. The number of nitrogens with zero attached hydrogens (tertiary/aromatic N) is 1. The van der Waals surface area contributed by atoms with Crippen molar-refractivity contribution in [1.82, 2.24) is 4.98 Å². The van der Waals surface area contributed by atoms with Crippen LogP contribution >= 0.6 is 0 Å². The second-order valence-electron chi connectivity index (χ2n) is 4.64. The molecule has 0 saturated carbocycles. The second-order valence-corrected chi connectivity index (χ2v) is 4.64. The van der Waals surface area contributed by atoms with Crippen LogP contribution in [0.4, 0.5) is 4.39 Å². The van der Waals surface area contributed by atoms with Crippen LogP contribution in [0.1, 0.15) is 32.8 Å². The number of aromatic nitrogens is 1. The molecule has 0 saturated heterocycles. The third-order valence-electron chi connectivity index (χ3n) is 2.31. The summed E-state index contributed by atoms with van der Waals surface area (Å²) >= 11 is 0. The minimum absolute atomic E-state index is 0.152. The van der Waals surface area contributed by atoms with Gasteiger partial charge < -0.3 is 0 Å². The lowest BCUT2D eigenvalue weighted by molar-refractivity contribution is -0.126. The predicted molar refractivity (Wildman–Crippen MR) is 57.0 cm³/mol. The Hall–Kier alpha value is -1.25. The summed E-state index contributed by atoms with van der Waals surface area (Å²) in [6.45, 7) is 5.62. The maximum Gasteiger partial charge on any atom is 0.144 e. The first-order valence-electron chi connectivity index (χ1n) is 5.03. The summed E-state index contributed by atoms with van der Waals surface area (Å²) < 4.78 is 13.2. The van der Waals surface area contributed by atoms with Crippen molar-refractivity contribution in [2.45, 2.75) is 33.6 Å². The van der Waals surface area contributed by atoms with Gasteiger partial charge >= 0.3 is 0 Å². The average molecular weight is 209 g/mol. The molecule has 0 aliphatic carbocycles. The molecule has 0 fully saturated rings. The highest BCUT2D eigenvalue weighted by Crippen LogP contribution is 2.18. The van der Waals surface area contributed by atoms with Gasteiger partial charge in [0, 0.05) is 18.0 Å². The summed E-state index contributed by atoms with van der Waals surface area (Å²) in [5.74, 6) is -0.182. The molecule has 0 aliphatic rings. The van der Waals surface area contributed by atoms with Crippen molar-refractivity contribution in [2.75, 3.05) is 0 Å². The molecule has 82 valence electrons. The summed E-state index contributed by atoms with van der Waals surface area (Å²) in [6.07, 6.45) is 3.55. The van der Waals surface area contributed by atoms with Crippen LogP contribution in [0.15, 0.2) is 18.5 Å². The second kappa shape index (κ2) is 4.51. The molecule has 1 heterocycles. The largest absolute Gasteiger partial charge is 0.299 e. The Balaban J connectivity index is 2.59. The highest BCUT2D eigenvalue weighted by Gasteiger charge is 2.20. The molecule has 0 aromatic carbocycles. The Morgan fingerprint density at radius 3 is 2.67 bits per heavy atom. The molecule has 1 rings (SSSR count). The molecular weight excluding hydrogens is 193 g/mol. The lowest BCUT2D eigenvalue weighted by atomic mass is 9.87. The van der Waals surface area contributed by atoms with E-state index in [1.807, 2.05) is 20.8 Å². The molecule has 1 aromatic heterocycles. The van der Waals surface area contributed by atoms with Crippen molar-refractivity contribution in [3.63, 3.8) is 0 Å². The summed E-state index contributed by atoms with van der Waals surface area (Å²) in [5, 5.41) is 0. The van der Waals surface area contributed by atoms with E-state index in [-0.39, 0.29) is 17.0 Å². The van der Waals surface area contributed by atoms with Crippen molar-refractivity contribution in [3.8, 4) is 0 Å². The molecule has 0 amide bonds. The van der Waals surface area contributed by atoms with Crippen molar-refractivity contribution in [2.24, 2.45) is 5.41 Å². The van der Waals surface area contributed by atoms with Gasteiger partial charge in [-0.2, -0.15) is 0 Å². The molecule has 0 spiro atoms. The number of rotatable bonds is 3. The zero-order chi connectivity index (χ0) is 11.5. The topological polar surface area (TPSA) is 30.0 Å². The molecule has 0 bridgehead atoms. The number of halogens is 1. The molecule has 0 N–H and O–H groups in total. The van der Waals surface area contributed by atoms with E-state index in [9.17, 15) is 9.18 Å². The molecule has 1 aromatic rings. The smallest absolute Gasteiger partial charge is 0.144 e. The van der Waals surface area contributed by atoms with Gasteiger partial charge in [-0.1, -0.05) is 20.8 Å². The van der Waals surface area contributed by atoms with Crippen LogP contribution in [0.25, 0.3) is 0 Å².